The van der Waals surface area contributed by atoms with E-state index in [9.17, 15) is 13.2 Å². The van der Waals surface area contributed by atoms with E-state index in [1.165, 1.54) is 35.2 Å². The quantitative estimate of drug-likeness (QED) is 0.240. The third kappa shape index (κ3) is 6.62. The highest BCUT2D eigenvalue weighted by atomic mass is 32.2. The van der Waals surface area contributed by atoms with Gasteiger partial charge in [-0.1, -0.05) is 18.2 Å². The number of rotatable bonds is 10. The summed E-state index contributed by atoms with van der Waals surface area (Å²) < 4.78 is 38.2. The molecule has 37 heavy (non-hydrogen) atoms. The van der Waals surface area contributed by atoms with Gasteiger partial charge in [-0.2, -0.15) is 0 Å². The normalized spacial score (nSPS) is 12.0. The van der Waals surface area contributed by atoms with Crippen LogP contribution in [0.5, 0.6) is 11.5 Å². The Labute approximate surface area is 224 Å². The van der Waals surface area contributed by atoms with Crippen LogP contribution in [0.25, 0.3) is 11.3 Å². The molecule has 0 bridgehead atoms. The molecule has 1 atom stereocenters. The molecule has 0 aliphatic carbocycles. The first kappa shape index (κ1) is 26.5. The zero-order chi connectivity index (χ0) is 26.4. The van der Waals surface area contributed by atoms with Crippen molar-refractivity contribution in [3.8, 4) is 22.8 Å². The van der Waals surface area contributed by atoms with Crippen molar-refractivity contribution < 1.29 is 22.7 Å². The van der Waals surface area contributed by atoms with Gasteiger partial charge in [-0.05, 0) is 61.5 Å². The van der Waals surface area contributed by atoms with Gasteiger partial charge in [-0.15, -0.1) is 23.1 Å². The van der Waals surface area contributed by atoms with E-state index in [2.05, 4.69) is 15.0 Å². The fraction of sp³-hybridized carbons (Fsp3) is 0.154. The molecular formula is C26H25N3O5S3. The lowest BCUT2D eigenvalue weighted by Gasteiger charge is -2.12. The van der Waals surface area contributed by atoms with Crippen LogP contribution < -0.4 is 19.5 Å². The summed E-state index contributed by atoms with van der Waals surface area (Å²) in [4.78, 5) is 18.3. The SMILES string of the molecule is COc1ccc(-c2csc(NC(=O)C(C)Sc3ccc(NS(=O)(=O)c4ccccc4)cc3)n2)cc1OC. The van der Waals surface area contributed by atoms with E-state index < -0.39 is 15.3 Å². The first-order valence-corrected chi connectivity index (χ1v) is 14.4. The van der Waals surface area contributed by atoms with Crippen LogP contribution in [0.15, 0.2) is 88.0 Å². The number of nitrogens with zero attached hydrogens (tertiary/aromatic N) is 1. The van der Waals surface area contributed by atoms with Crippen molar-refractivity contribution in [3.05, 3.63) is 78.2 Å². The van der Waals surface area contributed by atoms with Gasteiger partial charge in [-0.25, -0.2) is 13.4 Å². The number of benzene rings is 3. The minimum Gasteiger partial charge on any atom is -0.493 e. The lowest BCUT2D eigenvalue weighted by Crippen LogP contribution is -2.22. The Hall–Kier alpha value is -3.54. The summed E-state index contributed by atoms with van der Waals surface area (Å²) in [7, 11) is -0.511. The lowest BCUT2D eigenvalue weighted by molar-refractivity contribution is -0.115. The maximum Gasteiger partial charge on any atom is 0.261 e. The van der Waals surface area contributed by atoms with Crippen LogP contribution in [-0.4, -0.2) is 38.8 Å². The smallest absolute Gasteiger partial charge is 0.261 e. The van der Waals surface area contributed by atoms with Crippen molar-refractivity contribution in [2.45, 2.75) is 22.0 Å². The predicted molar refractivity (Wildman–Crippen MR) is 148 cm³/mol. The van der Waals surface area contributed by atoms with E-state index in [1.807, 2.05) is 23.6 Å². The second-order valence-electron chi connectivity index (χ2n) is 7.80. The van der Waals surface area contributed by atoms with Gasteiger partial charge in [0, 0.05) is 21.5 Å². The number of ether oxygens (including phenoxy) is 2. The molecule has 0 aliphatic heterocycles. The van der Waals surface area contributed by atoms with Gasteiger partial charge in [-0.3, -0.25) is 9.52 Å². The van der Waals surface area contributed by atoms with Crippen LogP contribution >= 0.6 is 23.1 Å². The third-order valence-electron chi connectivity index (χ3n) is 5.26. The highest BCUT2D eigenvalue weighted by molar-refractivity contribution is 8.00. The van der Waals surface area contributed by atoms with Crippen molar-refractivity contribution in [3.63, 3.8) is 0 Å². The van der Waals surface area contributed by atoms with E-state index in [-0.39, 0.29) is 10.8 Å². The first-order chi connectivity index (χ1) is 17.8. The molecule has 192 valence electrons. The van der Waals surface area contributed by atoms with Crippen LogP contribution in [0.3, 0.4) is 0 Å². The molecule has 3 aromatic carbocycles. The molecule has 0 spiro atoms. The van der Waals surface area contributed by atoms with Crippen molar-refractivity contribution in [2.75, 3.05) is 24.3 Å². The third-order valence-corrected chi connectivity index (χ3v) is 8.52. The summed E-state index contributed by atoms with van der Waals surface area (Å²) in [6.07, 6.45) is 0. The Kier molecular flexibility index (Phi) is 8.37. The second kappa shape index (κ2) is 11.7. The monoisotopic (exact) mass is 555 g/mol. The maximum atomic E-state index is 12.8. The number of carbonyl (C=O) groups excluding carboxylic acids is 1. The number of sulfonamides is 1. The van der Waals surface area contributed by atoms with Crippen molar-refractivity contribution in [1.82, 2.24) is 4.98 Å². The number of aromatic nitrogens is 1. The van der Waals surface area contributed by atoms with Crippen LogP contribution in [0, 0.1) is 0 Å². The zero-order valence-corrected chi connectivity index (χ0v) is 22.7. The molecular weight excluding hydrogens is 531 g/mol. The molecule has 1 amide bonds. The Morgan fingerprint density at radius 2 is 1.68 bits per heavy atom. The average molecular weight is 556 g/mol. The molecule has 0 fully saturated rings. The van der Waals surface area contributed by atoms with Crippen molar-refractivity contribution >= 4 is 49.8 Å². The first-order valence-electron chi connectivity index (χ1n) is 11.1. The Balaban J connectivity index is 1.35. The van der Waals surface area contributed by atoms with E-state index in [1.54, 1.807) is 63.6 Å². The van der Waals surface area contributed by atoms with E-state index in [0.717, 1.165) is 16.2 Å². The molecule has 0 saturated carbocycles. The summed E-state index contributed by atoms with van der Waals surface area (Å²) in [5, 5.41) is 4.82. The summed E-state index contributed by atoms with van der Waals surface area (Å²) >= 11 is 2.70. The minimum atomic E-state index is -3.66. The van der Waals surface area contributed by atoms with Crippen LogP contribution in [0.4, 0.5) is 10.8 Å². The van der Waals surface area contributed by atoms with E-state index in [4.69, 9.17) is 9.47 Å². The molecule has 0 radical (unpaired) electrons. The van der Waals surface area contributed by atoms with Crippen LogP contribution in [-0.2, 0) is 14.8 Å². The Bertz CT molecular complexity index is 1470. The molecule has 11 heteroatoms. The number of amides is 1. The molecule has 1 heterocycles. The summed E-state index contributed by atoms with van der Waals surface area (Å²) in [6, 6.07) is 20.6. The minimum absolute atomic E-state index is 0.188. The molecule has 4 rings (SSSR count). The summed E-state index contributed by atoms with van der Waals surface area (Å²) in [5.41, 5.74) is 2.01. The summed E-state index contributed by atoms with van der Waals surface area (Å²) in [6.45, 7) is 1.80. The van der Waals surface area contributed by atoms with Gasteiger partial charge < -0.3 is 14.8 Å². The second-order valence-corrected chi connectivity index (χ2v) is 11.8. The topological polar surface area (TPSA) is 107 Å². The molecule has 1 unspecified atom stereocenters. The van der Waals surface area contributed by atoms with Gasteiger partial charge in [0.25, 0.3) is 10.0 Å². The number of nitrogens with one attached hydrogen (secondary N) is 2. The number of carbonyl (C=O) groups is 1. The summed E-state index contributed by atoms with van der Waals surface area (Å²) in [5.74, 6) is 1.04. The van der Waals surface area contributed by atoms with Crippen LogP contribution in [0.1, 0.15) is 6.92 Å². The molecule has 4 aromatic rings. The van der Waals surface area contributed by atoms with Crippen molar-refractivity contribution in [2.24, 2.45) is 0 Å². The molecule has 0 aliphatic rings. The molecule has 2 N–H and O–H groups in total. The highest BCUT2D eigenvalue weighted by Crippen LogP contribution is 2.34. The molecule has 8 nitrogen and oxygen atoms in total. The predicted octanol–water partition coefficient (Wildman–Crippen LogP) is 5.75. The molecule has 0 saturated heterocycles. The number of hydrogen-bond acceptors (Lipinski definition) is 8. The Morgan fingerprint density at radius 1 is 0.973 bits per heavy atom. The van der Waals surface area contributed by atoms with Gasteiger partial charge in [0.05, 0.1) is 30.1 Å². The fourth-order valence-corrected chi connectivity index (χ4v) is 6.01. The van der Waals surface area contributed by atoms with Gasteiger partial charge in [0.2, 0.25) is 5.91 Å². The van der Waals surface area contributed by atoms with Crippen LogP contribution in [0.2, 0.25) is 0 Å². The van der Waals surface area contributed by atoms with Gasteiger partial charge >= 0.3 is 0 Å². The van der Waals surface area contributed by atoms with Gasteiger partial charge in [0.15, 0.2) is 16.6 Å². The maximum absolute atomic E-state index is 12.8. The number of methoxy groups -OCH3 is 2. The number of anilines is 2. The Morgan fingerprint density at radius 3 is 2.35 bits per heavy atom. The fourth-order valence-electron chi connectivity index (χ4n) is 3.34. The number of hydrogen-bond donors (Lipinski definition) is 2. The van der Waals surface area contributed by atoms with E-state index in [0.29, 0.717) is 22.3 Å². The van der Waals surface area contributed by atoms with E-state index >= 15 is 0 Å². The van der Waals surface area contributed by atoms with Crippen molar-refractivity contribution in [1.29, 1.82) is 0 Å². The number of thiazole rings is 1. The largest absolute Gasteiger partial charge is 0.493 e. The average Bonchev–Trinajstić information content (AvgIpc) is 3.38. The highest BCUT2D eigenvalue weighted by Gasteiger charge is 2.18. The van der Waals surface area contributed by atoms with Gasteiger partial charge in [0.1, 0.15) is 0 Å². The lowest BCUT2D eigenvalue weighted by atomic mass is 10.1. The molecule has 1 aromatic heterocycles. The standard InChI is InChI=1S/C26H25N3O5S3/c1-17(36-20-12-10-19(11-13-20)29-37(31,32)21-7-5-4-6-8-21)25(30)28-26-27-22(16-35-26)18-9-14-23(33-2)24(15-18)34-3/h4-17,29H,1-3H3,(H,27,28,30). The number of thioether (sulfide) groups is 1. The zero-order valence-electron chi connectivity index (χ0n) is 20.3.